The van der Waals surface area contributed by atoms with Gasteiger partial charge >= 0.3 is 0 Å². The maximum atomic E-state index is 5.78. The van der Waals surface area contributed by atoms with Gasteiger partial charge in [0.15, 0.2) is 23.3 Å². The molecular weight excluding hydrogens is 1530 g/mol. The Morgan fingerprint density at radius 2 is 0.675 bits per heavy atom. The lowest BCUT2D eigenvalue weighted by Crippen LogP contribution is -2.17. The minimum atomic E-state index is -0.534. The minimum Gasteiger partial charge on any atom is -0.264 e. The Balaban J connectivity index is 0.673. The summed E-state index contributed by atoms with van der Waals surface area (Å²) in [6.07, 6.45) is 8.93. The summed E-state index contributed by atoms with van der Waals surface area (Å²) in [5, 5.41) is 18.7. The van der Waals surface area contributed by atoms with Gasteiger partial charge in [0.05, 0.1) is 5.70 Å². The highest BCUT2D eigenvalue weighted by Crippen LogP contribution is 2.54. The molecule has 0 unspecified atom stereocenters. The molecule has 8 heteroatoms. The lowest BCUT2D eigenvalue weighted by molar-refractivity contribution is 0.661. The maximum Gasteiger partial charge on any atom is 0.164 e. The van der Waals surface area contributed by atoms with Crippen LogP contribution < -0.4 is 0 Å². The van der Waals surface area contributed by atoms with Crippen LogP contribution in [0.25, 0.3) is 215 Å². The van der Waals surface area contributed by atoms with E-state index in [0.717, 1.165) is 160 Å². The van der Waals surface area contributed by atoms with Gasteiger partial charge < -0.3 is 0 Å². The molecule has 19 aromatic carbocycles. The summed E-state index contributed by atoms with van der Waals surface area (Å²) in [5.74, 6) is 2.27. The maximum absolute atomic E-state index is 5.78. The van der Waals surface area contributed by atoms with Crippen molar-refractivity contribution in [2.75, 3.05) is 0 Å². The molecule has 0 saturated carbocycles. The van der Waals surface area contributed by atoms with Gasteiger partial charge in [-0.3, -0.25) is 4.98 Å². The van der Waals surface area contributed by atoms with Gasteiger partial charge in [0, 0.05) is 63.7 Å². The van der Waals surface area contributed by atoms with Crippen LogP contribution in [-0.2, 0) is 5.41 Å². The average molecular weight is 1610 g/mol. The van der Waals surface area contributed by atoms with E-state index in [2.05, 4.69) is 394 Å². The first-order valence-electron chi connectivity index (χ1n) is 42.8. The number of amidine groups is 1. The average Bonchev–Trinajstić information content (AvgIpc) is 1.62. The largest absolute Gasteiger partial charge is 0.264 e. The number of aliphatic imine (C=N–C) groups is 2. The summed E-state index contributed by atoms with van der Waals surface area (Å²) in [6.45, 7) is 11.4. The molecule has 0 saturated heterocycles. The standard InChI is InChI=1S/C118H78N8/c1-72(74-24-6-5-7-25-74)122-115(123-73(2)75-43-45-77(46-44-75)92-69-120-71-121-70-92)90-58-86(107-63-81-26-8-12-31-93(81)97-35-16-19-38-100(97)107)57-89(59-90)110-66-84-29-11-15-34-96(84)111-62-79(51-53-103(110)111)80-52-54-104-105-41-22-42-106(113(105)118(3,4)112(104)67-80)117-125-114(78-49-47-76(48-50-78)85-30-23-55-119-68-85)124-116(126-117)91-60-87(108-64-82-27-9-13-32-94(82)98-36-17-20-39-101(98)108)56-88(61-91)109-65-83-28-10-14-33-95(83)99-37-18-21-40-102(99)109/h5-71H,1H2,2-4H3. The second-order valence-corrected chi connectivity index (χ2v) is 33.5. The molecule has 126 heavy (non-hydrogen) atoms. The van der Waals surface area contributed by atoms with E-state index in [4.69, 9.17) is 24.9 Å². The fraction of sp³-hybridized carbons (Fsp3) is 0.0339. The van der Waals surface area contributed by atoms with Crippen molar-refractivity contribution in [1.82, 2.24) is 29.9 Å². The minimum absolute atomic E-state index is 0.534. The van der Waals surface area contributed by atoms with Crippen LogP contribution in [0.15, 0.2) is 424 Å². The lowest BCUT2D eigenvalue weighted by atomic mass is 9.79. The Kier molecular flexibility index (Phi) is 18.1. The fourth-order valence-electron chi connectivity index (χ4n) is 19.4. The van der Waals surface area contributed by atoms with Gasteiger partial charge in [0.1, 0.15) is 6.33 Å². The van der Waals surface area contributed by atoms with Crippen molar-refractivity contribution < 1.29 is 0 Å². The summed E-state index contributed by atoms with van der Waals surface area (Å²) in [6, 6.07) is 137. The zero-order valence-electron chi connectivity index (χ0n) is 69.5. The smallest absolute Gasteiger partial charge is 0.164 e. The van der Waals surface area contributed by atoms with Crippen LogP contribution in [0.2, 0.25) is 0 Å². The van der Waals surface area contributed by atoms with Crippen LogP contribution >= 0.6 is 0 Å². The van der Waals surface area contributed by atoms with Crippen LogP contribution in [0.5, 0.6) is 0 Å². The Labute approximate surface area is 729 Å². The van der Waals surface area contributed by atoms with Crippen molar-refractivity contribution in [3.05, 3.63) is 442 Å². The molecule has 0 atom stereocenters. The molecule has 22 aromatic rings. The molecule has 1 aliphatic carbocycles. The van der Waals surface area contributed by atoms with Gasteiger partial charge in [-0.05, 0) is 278 Å². The Morgan fingerprint density at radius 1 is 0.254 bits per heavy atom. The fourth-order valence-corrected chi connectivity index (χ4v) is 19.4. The van der Waals surface area contributed by atoms with E-state index in [1.54, 1.807) is 6.33 Å². The highest BCUT2D eigenvalue weighted by Gasteiger charge is 2.39. The van der Waals surface area contributed by atoms with E-state index < -0.39 is 5.41 Å². The summed E-state index contributed by atoms with van der Waals surface area (Å²) in [4.78, 5) is 41.1. The van der Waals surface area contributed by atoms with Crippen molar-refractivity contribution in [3.63, 3.8) is 0 Å². The molecule has 1 aliphatic rings. The van der Waals surface area contributed by atoms with Gasteiger partial charge in [0.2, 0.25) is 0 Å². The lowest BCUT2D eigenvalue weighted by Gasteiger charge is -2.24. The SMILES string of the molecule is C=C(N=C(N=C(C)c1ccc(-c2cncnc2)cc1)c1cc(-c2cc3ccccc3c3ccccc23)cc(-c2cc3ccccc3c3cc(-c4ccc5c(c4)C(C)(C)c4c(-c6nc(-c7ccc(-c8cccnc8)cc7)nc(-c7cc(-c8cc9ccccc9c9ccccc89)cc(-c8cc9ccccc9c9ccccc89)c7)n6)cccc4-5)ccc23)c1)c1ccccc1. The summed E-state index contributed by atoms with van der Waals surface area (Å²) >= 11 is 0. The number of nitrogens with zero attached hydrogens (tertiary/aromatic N) is 8. The number of benzene rings is 19. The van der Waals surface area contributed by atoms with E-state index in [1.807, 2.05) is 49.1 Å². The van der Waals surface area contributed by atoms with Gasteiger partial charge in [-0.15, -0.1) is 0 Å². The molecule has 0 amide bonds. The van der Waals surface area contributed by atoms with Crippen molar-refractivity contribution in [1.29, 1.82) is 0 Å². The second-order valence-electron chi connectivity index (χ2n) is 33.5. The van der Waals surface area contributed by atoms with Gasteiger partial charge in [0.25, 0.3) is 0 Å². The zero-order chi connectivity index (χ0) is 84.1. The zero-order valence-corrected chi connectivity index (χ0v) is 69.5. The van der Waals surface area contributed by atoms with E-state index >= 15 is 0 Å². The first-order chi connectivity index (χ1) is 62.0. The molecule has 0 spiro atoms. The van der Waals surface area contributed by atoms with Crippen LogP contribution in [-0.4, -0.2) is 41.5 Å². The first-order valence-corrected chi connectivity index (χ1v) is 42.8. The Hall–Kier alpha value is -16.4. The highest BCUT2D eigenvalue weighted by molar-refractivity contribution is 6.21. The van der Waals surface area contributed by atoms with E-state index in [-0.39, 0.29) is 0 Å². The molecular formula is C118H78N8. The molecule has 8 nitrogen and oxygen atoms in total. The van der Waals surface area contributed by atoms with Gasteiger partial charge in [-0.2, -0.15) is 0 Å². The molecule has 0 radical (unpaired) electrons. The van der Waals surface area contributed by atoms with Gasteiger partial charge in [-0.25, -0.2) is 34.9 Å². The molecule has 0 bridgehead atoms. The topological polar surface area (TPSA) is 102 Å². The molecule has 3 heterocycles. The number of rotatable bonds is 14. The third kappa shape index (κ3) is 13.2. The predicted octanol–water partition coefficient (Wildman–Crippen LogP) is 30.2. The van der Waals surface area contributed by atoms with Crippen LogP contribution in [0, 0.1) is 0 Å². The highest BCUT2D eigenvalue weighted by atomic mass is 15.0. The number of hydrogen-bond donors (Lipinski definition) is 0. The van der Waals surface area contributed by atoms with E-state index in [9.17, 15) is 0 Å². The summed E-state index contributed by atoms with van der Waals surface area (Å²) in [7, 11) is 0. The van der Waals surface area contributed by atoms with Crippen molar-refractivity contribution in [2.45, 2.75) is 26.2 Å². The molecule has 23 rings (SSSR count). The van der Waals surface area contributed by atoms with Crippen LogP contribution in [0.3, 0.4) is 0 Å². The number of hydrogen-bond acceptors (Lipinski definition) is 7. The van der Waals surface area contributed by atoms with E-state index in [0.29, 0.717) is 29.0 Å². The number of pyridine rings is 1. The molecule has 590 valence electrons. The monoisotopic (exact) mass is 1610 g/mol. The summed E-state index contributed by atoms with van der Waals surface area (Å²) < 4.78 is 0. The number of fused-ring (bicyclic) bond motifs is 15. The van der Waals surface area contributed by atoms with Crippen molar-refractivity contribution in [3.8, 4) is 123 Å². The predicted molar refractivity (Wildman–Crippen MR) is 526 cm³/mol. The molecule has 3 aromatic heterocycles. The van der Waals surface area contributed by atoms with E-state index in [1.165, 1.54) is 65.0 Å². The second kappa shape index (κ2) is 30.6. The quantitative estimate of drug-likeness (QED) is 0.0611. The summed E-state index contributed by atoms with van der Waals surface area (Å²) in [5.41, 5.74) is 25.8. The number of aromatic nitrogens is 6. The molecule has 0 aliphatic heterocycles. The third-order valence-electron chi connectivity index (χ3n) is 25.6. The van der Waals surface area contributed by atoms with Crippen molar-refractivity contribution >= 4 is 103 Å². The Bertz CT molecular complexity index is 8160. The first kappa shape index (κ1) is 74.6. The molecule has 0 fully saturated rings. The van der Waals surface area contributed by atoms with Gasteiger partial charge in [-0.1, -0.05) is 318 Å². The van der Waals surface area contributed by atoms with Crippen LogP contribution in [0.4, 0.5) is 0 Å². The normalized spacial score (nSPS) is 12.6. The van der Waals surface area contributed by atoms with Crippen molar-refractivity contribution in [2.24, 2.45) is 9.98 Å². The third-order valence-corrected chi connectivity index (χ3v) is 25.6. The Morgan fingerprint density at radius 3 is 1.22 bits per heavy atom. The molecule has 0 N–H and O–H groups in total. The van der Waals surface area contributed by atoms with Crippen LogP contribution in [0.1, 0.15) is 48.6 Å².